The Morgan fingerprint density at radius 3 is 2.59 bits per heavy atom. The van der Waals surface area contributed by atoms with Crippen molar-refractivity contribution in [2.24, 2.45) is 5.92 Å². The number of hydrogen-bond acceptors (Lipinski definition) is 5. The topological polar surface area (TPSA) is 90.8 Å². The molecule has 0 heterocycles. The van der Waals surface area contributed by atoms with E-state index in [-0.39, 0.29) is 6.61 Å². The molecule has 0 bridgehead atoms. The second-order valence-electron chi connectivity index (χ2n) is 5.72. The molecule has 122 valence electrons. The number of hydrogen-bond donors (Lipinski definition) is 4. The highest BCUT2D eigenvalue weighted by Crippen LogP contribution is 2.34. The van der Waals surface area contributed by atoms with Crippen molar-refractivity contribution in [1.29, 1.82) is 0 Å². The van der Waals surface area contributed by atoms with Gasteiger partial charge in [0, 0.05) is 0 Å². The van der Waals surface area contributed by atoms with Crippen LogP contribution in [0.15, 0.2) is 30.3 Å². The molecule has 0 aliphatic heterocycles. The van der Waals surface area contributed by atoms with E-state index in [4.69, 9.17) is 4.74 Å². The van der Waals surface area contributed by atoms with E-state index in [2.05, 4.69) is 10.6 Å². The second kappa shape index (κ2) is 8.12. The Morgan fingerprint density at radius 2 is 2.00 bits per heavy atom. The Balaban J connectivity index is 1.84. The third-order valence-corrected chi connectivity index (χ3v) is 3.83. The largest absolute Gasteiger partial charge is 0.445 e. The highest BCUT2D eigenvalue weighted by Gasteiger charge is 2.33. The zero-order valence-electron chi connectivity index (χ0n) is 12.7. The minimum Gasteiger partial charge on any atom is -0.445 e. The first-order valence-corrected chi connectivity index (χ1v) is 7.60. The van der Waals surface area contributed by atoms with Gasteiger partial charge in [0.15, 0.2) is 0 Å². The molecule has 1 amide bonds. The monoisotopic (exact) mass is 308 g/mol. The van der Waals surface area contributed by atoms with Crippen molar-refractivity contribution < 1.29 is 19.7 Å². The quantitative estimate of drug-likeness (QED) is 0.538. The molecule has 0 spiro atoms. The van der Waals surface area contributed by atoms with Crippen LogP contribution in [0.3, 0.4) is 0 Å². The van der Waals surface area contributed by atoms with Gasteiger partial charge in [-0.15, -0.1) is 0 Å². The summed E-state index contributed by atoms with van der Waals surface area (Å²) in [6, 6.07) is 8.85. The normalized spacial score (nSPS) is 18.3. The number of aliphatic hydroxyl groups is 2. The number of carbonyl (C=O) groups is 1. The third kappa shape index (κ3) is 5.29. The number of ether oxygens (including phenoxy) is 1. The molecule has 1 aromatic carbocycles. The smallest absolute Gasteiger partial charge is 0.407 e. The number of alkyl carbamates (subject to hydrolysis) is 1. The molecule has 1 fully saturated rings. The van der Waals surface area contributed by atoms with E-state index in [1.54, 1.807) is 7.05 Å². The first-order chi connectivity index (χ1) is 10.6. The zero-order valence-corrected chi connectivity index (χ0v) is 12.7. The van der Waals surface area contributed by atoms with Crippen molar-refractivity contribution in [2.75, 3.05) is 7.05 Å². The van der Waals surface area contributed by atoms with Gasteiger partial charge in [-0.25, -0.2) is 4.79 Å². The summed E-state index contributed by atoms with van der Waals surface area (Å²) >= 11 is 0. The van der Waals surface area contributed by atoms with Crippen LogP contribution in [0.4, 0.5) is 4.79 Å². The molecule has 0 saturated heterocycles. The SMILES string of the molecule is CN[C@@H](O)[C@@H](O)[C@H](CC1CC1)NC(=O)OCc1ccccc1. The zero-order chi connectivity index (χ0) is 15.9. The number of aliphatic hydroxyl groups excluding tert-OH is 2. The molecule has 6 heteroatoms. The fourth-order valence-electron chi connectivity index (χ4n) is 2.30. The average molecular weight is 308 g/mol. The van der Waals surface area contributed by atoms with Crippen LogP contribution >= 0.6 is 0 Å². The van der Waals surface area contributed by atoms with Crippen molar-refractivity contribution in [3.8, 4) is 0 Å². The van der Waals surface area contributed by atoms with Crippen molar-refractivity contribution in [3.05, 3.63) is 35.9 Å². The Morgan fingerprint density at radius 1 is 1.32 bits per heavy atom. The Labute approximate surface area is 130 Å². The van der Waals surface area contributed by atoms with Crippen molar-refractivity contribution in [3.63, 3.8) is 0 Å². The molecule has 1 aliphatic rings. The number of nitrogens with one attached hydrogen (secondary N) is 2. The van der Waals surface area contributed by atoms with Crippen LogP contribution in [0.2, 0.25) is 0 Å². The minimum absolute atomic E-state index is 0.174. The predicted octanol–water partition coefficient (Wildman–Crippen LogP) is 0.980. The number of rotatable bonds is 8. The second-order valence-corrected chi connectivity index (χ2v) is 5.72. The highest BCUT2D eigenvalue weighted by molar-refractivity contribution is 5.67. The maximum absolute atomic E-state index is 11.9. The molecule has 1 aromatic rings. The highest BCUT2D eigenvalue weighted by atomic mass is 16.5. The van der Waals surface area contributed by atoms with Crippen molar-refractivity contribution in [2.45, 2.75) is 44.2 Å². The van der Waals surface area contributed by atoms with Crippen LogP contribution in [-0.4, -0.2) is 41.7 Å². The number of amides is 1. The van der Waals surface area contributed by atoms with Gasteiger partial charge in [-0.05, 0) is 24.9 Å². The molecular weight excluding hydrogens is 284 g/mol. The fourth-order valence-corrected chi connectivity index (χ4v) is 2.30. The molecule has 22 heavy (non-hydrogen) atoms. The predicted molar refractivity (Wildman–Crippen MR) is 82.0 cm³/mol. The van der Waals surface area contributed by atoms with Crippen LogP contribution < -0.4 is 10.6 Å². The van der Waals surface area contributed by atoms with E-state index in [1.807, 2.05) is 30.3 Å². The number of benzene rings is 1. The van der Waals surface area contributed by atoms with Gasteiger partial charge in [0.1, 0.15) is 18.9 Å². The molecule has 0 aromatic heterocycles. The molecular formula is C16H24N2O4. The van der Waals surface area contributed by atoms with Gasteiger partial charge in [0.25, 0.3) is 0 Å². The van der Waals surface area contributed by atoms with Gasteiger partial charge in [0.2, 0.25) is 0 Å². The van der Waals surface area contributed by atoms with E-state index in [0.29, 0.717) is 12.3 Å². The van der Waals surface area contributed by atoms with E-state index in [1.165, 1.54) is 0 Å². The van der Waals surface area contributed by atoms with Gasteiger partial charge in [0.05, 0.1) is 6.04 Å². The van der Waals surface area contributed by atoms with E-state index < -0.39 is 24.5 Å². The molecule has 6 nitrogen and oxygen atoms in total. The molecule has 0 radical (unpaired) electrons. The van der Waals surface area contributed by atoms with Crippen molar-refractivity contribution >= 4 is 6.09 Å². The molecule has 4 N–H and O–H groups in total. The van der Waals surface area contributed by atoms with Gasteiger partial charge >= 0.3 is 6.09 Å². The molecule has 1 aliphatic carbocycles. The van der Waals surface area contributed by atoms with Crippen LogP contribution in [-0.2, 0) is 11.3 Å². The van der Waals surface area contributed by atoms with Crippen LogP contribution in [0.5, 0.6) is 0 Å². The summed E-state index contributed by atoms with van der Waals surface area (Å²) in [5.74, 6) is 0.498. The summed E-state index contributed by atoms with van der Waals surface area (Å²) in [6.07, 6.45) is 0.0874. The maximum atomic E-state index is 11.9. The molecule has 1 saturated carbocycles. The molecule has 3 atom stereocenters. The summed E-state index contributed by atoms with van der Waals surface area (Å²) < 4.78 is 5.16. The van der Waals surface area contributed by atoms with Gasteiger partial charge < -0.3 is 20.3 Å². The first-order valence-electron chi connectivity index (χ1n) is 7.60. The lowest BCUT2D eigenvalue weighted by atomic mass is 10.0. The summed E-state index contributed by atoms with van der Waals surface area (Å²) in [7, 11) is 1.55. The Bertz CT molecular complexity index is 464. The summed E-state index contributed by atoms with van der Waals surface area (Å²) in [5, 5.41) is 25.0. The first kappa shape index (κ1) is 16.7. The number of carbonyl (C=O) groups excluding carboxylic acids is 1. The molecule has 2 rings (SSSR count). The Hall–Kier alpha value is -1.63. The van der Waals surface area contributed by atoms with Crippen molar-refractivity contribution in [1.82, 2.24) is 10.6 Å². The van der Waals surface area contributed by atoms with Crippen LogP contribution in [0.25, 0.3) is 0 Å². The third-order valence-electron chi connectivity index (χ3n) is 3.83. The summed E-state index contributed by atoms with van der Waals surface area (Å²) in [5.41, 5.74) is 0.896. The van der Waals surface area contributed by atoms with E-state index >= 15 is 0 Å². The lowest BCUT2D eigenvalue weighted by Gasteiger charge is -2.27. The lowest BCUT2D eigenvalue weighted by Crippen LogP contribution is -2.52. The Kier molecular flexibility index (Phi) is 6.18. The van der Waals surface area contributed by atoms with E-state index in [0.717, 1.165) is 18.4 Å². The maximum Gasteiger partial charge on any atom is 0.407 e. The summed E-state index contributed by atoms with van der Waals surface area (Å²) in [4.78, 5) is 11.9. The average Bonchev–Trinajstić information content (AvgIpc) is 3.36. The number of likely N-dealkylation sites (N-methyl/N-ethyl adjacent to an activating group) is 1. The van der Waals surface area contributed by atoms with Crippen LogP contribution in [0, 0.1) is 5.92 Å². The van der Waals surface area contributed by atoms with Gasteiger partial charge in [-0.3, -0.25) is 5.32 Å². The minimum atomic E-state index is -1.09. The van der Waals surface area contributed by atoms with Gasteiger partial charge in [-0.1, -0.05) is 43.2 Å². The standard InChI is InChI=1S/C16H24N2O4/c1-17-15(20)14(19)13(9-11-7-8-11)18-16(21)22-10-12-5-3-2-4-6-12/h2-6,11,13-15,17,19-20H,7-10H2,1H3,(H,18,21)/t13-,14-,15-/m0/s1. The van der Waals surface area contributed by atoms with Crippen LogP contribution in [0.1, 0.15) is 24.8 Å². The molecule has 0 unspecified atom stereocenters. The van der Waals surface area contributed by atoms with E-state index in [9.17, 15) is 15.0 Å². The van der Waals surface area contributed by atoms with Gasteiger partial charge in [-0.2, -0.15) is 0 Å². The lowest BCUT2D eigenvalue weighted by molar-refractivity contribution is -0.0210. The summed E-state index contributed by atoms with van der Waals surface area (Å²) in [6.45, 7) is 0.174. The fraction of sp³-hybridized carbons (Fsp3) is 0.562.